The number of aryl methyl sites for hydroxylation is 2. The second-order valence-electron chi connectivity index (χ2n) is 3.31. The summed E-state index contributed by atoms with van der Waals surface area (Å²) in [5.41, 5.74) is 1.71. The molecule has 0 bridgehead atoms. The number of hydrogen-bond donors (Lipinski definition) is 0. The van der Waals surface area contributed by atoms with Gasteiger partial charge in [-0.2, -0.15) is 8.42 Å². The highest BCUT2D eigenvalue weighted by Crippen LogP contribution is 2.20. The molecular weight excluding hydrogens is 219 g/mol. The zero-order valence-electron chi connectivity index (χ0n) is 8.66. The van der Waals surface area contributed by atoms with Crippen molar-refractivity contribution in [3.8, 4) is 5.75 Å². The highest BCUT2D eigenvalue weighted by Gasteiger charge is 2.10. The van der Waals surface area contributed by atoms with Crippen LogP contribution in [0.25, 0.3) is 0 Å². The Kier molecular flexibility index (Phi) is 3.68. The predicted octanol–water partition coefficient (Wildman–Crippen LogP) is 1.85. The average Bonchev–Trinajstić information content (AvgIpc) is 2.14. The van der Waals surface area contributed by atoms with Crippen molar-refractivity contribution in [3.05, 3.63) is 29.3 Å². The van der Waals surface area contributed by atoms with Crippen molar-refractivity contribution in [1.82, 2.24) is 0 Å². The van der Waals surface area contributed by atoms with Crippen molar-refractivity contribution in [2.75, 3.05) is 12.9 Å². The molecule has 0 aliphatic heterocycles. The SMILES string of the molecule is COc1cc(C)ccc1CCS(=O)(=O)F. The van der Waals surface area contributed by atoms with Crippen LogP contribution in [0.2, 0.25) is 0 Å². The Morgan fingerprint density at radius 3 is 2.60 bits per heavy atom. The van der Waals surface area contributed by atoms with Crippen molar-refractivity contribution in [1.29, 1.82) is 0 Å². The molecule has 1 aromatic rings. The summed E-state index contributed by atoms with van der Waals surface area (Å²) < 4.78 is 38.1. The Labute approximate surface area is 89.1 Å². The molecule has 0 spiro atoms. The molecule has 0 N–H and O–H groups in total. The summed E-state index contributed by atoms with van der Waals surface area (Å²) in [6.45, 7) is 1.90. The average molecular weight is 232 g/mol. The molecule has 0 saturated heterocycles. The van der Waals surface area contributed by atoms with Crippen molar-refractivity contribution in [2.45, 2.75) is 13.3 Å². The van der Waals surface area contributed by atoms with Crippen molar-refractivity contribution in [3.63, 3.8) is 0 Å². The standard InChI is InChI=1S/C10H13FO3S/c1-8-3-4-9(10(7-8)14-2)5-6-15(11,12)13/h3-4,7H,5-6H2,1-2H3. The normalized spacial score (nSPS) is 11.4. The zero-order valence-corrected chi connectivity index (χ0v) is 9.47. The van der Waals surface area contributed by atoms with Gasteiger partial charge in [0.05, 0.1) is 12.9 Å². The molecule has 0 saturated carbocycles. The van der Waals surface area contributed by atoms with Crippen LogP contribution in [-0.4, -0.2) is 21.3 Å². The summed E-state index contributed by atoms with van der Waals surface area (Å²) in [5.74, 6) is 0.0885. The van der Waals surface area contributed by atoms with Crippen LogP contribution in [0.3, 0.4) is 0 Å². The minimum Gasteiger partial charge on any atom is -0.496 e. The van der Waals surface area contributed by atoms with E-state index in [1.165, 1.54) is 7.11 Å². The third-order valence-corrected chi connectivity index (χ3v) is 2.75. The maximum atomic E-state index is 12.3. The van der Waals surface area contributed by atoms with Gasteiger partial charge in [0.25, 0.3) is 0 Å². The lowest BCUT2D eigenvalue weighted by Gasteiger charge is -2.07. The molecule has 0 aliphatic rings. The maximum absolute atomic E-state index is 12.3. The van der Waals surface area contributed by atoms with E-state index in [1.807, 2.05) is 13.0 Å². The number of hydrogen-bond acceptors (Lipinski definition) is 3. The number of methoxy groups -OCH3 is 1. The minimum absolute atomic E-state index is 0.127. The van der Waals surface area contributed by atoms with E-state index in [9.17, 15) is 12.3 Å². The summed E-state index contributed by atoms with van der Waals surface area (Å²) in [6.07, 6.45) is 0.127. The molecule has 15 heavy (non-hydrogen) atoms. The lowest BCUT2D eigenvalue weighted by molar-refractivity contribution is 0.409. The van der Waals surface area contributed by atoms with E-state index in [2.05, 4.69) is 0 Å². The van der Waals surface area contributed by atoms with Gasteiger partial charge in [-0.1, -0.05) is 12.1 Å². The van der Waals surface area contributed by atoms with Gasteiger partial charge in [0.15, 0.2) is 0 Å². The summed E-state index contributed by atoms with van der Waals surface area (Å²) >= 11 is 0. The Morgan fingerprint density at radius 1 is 1.40 bits per heavy atom. The lowest BCUT2D eigenvalue weighted by atomic mass is 10.1. The van der Waals surface area contributed by atoms with Gasteiger partial charge in [-0.05, 0) is 30.5 Å². The first kappa shape index (κ1) is 12.0. The first-order valence-corrected chi connectivity index (χ1v) is 6.03. The summed E-state index contributed by atoms with van der Waals surface area (Å²) in [4.78, 5) is 0. The van der Waals surface area contributed by atoms with E-state index in [-0.39, 0.29) is 6.42 Å². The highest BCUT2D eigenvalue weighted by molar-refractivity contribution is 7.86. The van der Waals surface area contributed by atoms with Gasteiger partial charge in [-0.25, -0.2) is 0 Å². The van der Waals surface area contributed by atoms with Crippen LogP contribution in [-0.2, 0) is 16.6 Å². The third-order valence-electron chi connectivity index (χ3n) is 2.06. The van der Waals surface area contributed by atoms with Gasteiger partial charge < -0.3 is 4.74 Å². The molecule has 0 radical (unpaired) electrons. The molecule has 1 aromatic carbocycles. The van der Waals surface area contributed by atoms with Crippen molar-refractivity contribution >= 4 is 10.2 Å². The van der Waals surface area contributed by atoms with Gasteiger partial charge in [-0.15, -0.1) is 3.89 Å². The first-order chi connectivity index (χ1) is 6.92. The summed E-state index contributed by atoms with van der Waals surface area (Å²) in [6, 6.07) is 5.38. The largest absolute Gasteiger partial charge is 0.496 e. The summed E-state index contributed by atoms with van der Waals surface area (Å²) in [7, 11) is -2.91. The van der Waals surface area contributed by atoms with Crippen LogP contribution in [0.5, 0.6) is 5.75 Å². The van der Waals surface area contributed by atoms with Crippen LogP contribution in [0.15, 0.2) is 18.2 Å². The van der Waals surface area contributed by atoms with Gasteiger partial charge >= 0.3 is 10.2 Å². The molecule has 3 nitrogen and oxygen atoms in total. The molecule has 0 aliphatic carbocycles. The fourth-order valence-corrected chi connectivity index (χ4v) is 1.75. The zero-order chi connectivity index (χ0) is 11.5. The summed E-state index contributed by atoms with van der Waals surface area (Å²) in [5, 5.41) is 0. The first-order valence-electron chi connectivity index (χ1n) is 4.48. The number of rotatable bonds is 4. The van der Waals surface area contributed by atoms with Gasteiger partial charge in [0.2, 0.25) is 0 Å². The third kappa shape index (κ3) is 3.87. The van der Waals surface area contributed by atoms with Crippen LogP contribution >= 0.6 is 0 Å². The van der Waals surface area contributed by atoms with E-state index in [1.54, 1.807) is 12.1 Å². The molecule has 5 heteroatoms. The van der Waals surface area contributed by atoms with Crippen molar-refractivity contribution in [2.24, 2.45) is 0 Å². The van der Waals surface area contributed by atoms with Crippen molar-refractivity contribution < 1.29 is 17.0 Å². The Balaban J connectivity index is 2.85. The smallest absolute Gasteiger partial charge is 0.302 e. The lowest BCUT2D eigenvalue weighted by Crippen LogP contribution is -2.03. The molecule has 84 valence electrons. The van der Waals surface area contributed by atoms with Crippen LogP contribution in [0.4, 0.5) is 3.89 Å². The number of ether oxygens (including phenoxy) is 1. The number of benzene rings is 1. The molecule has 1 rings (SSSR count). The Morgan fingerprint density at radius 2 is 2.07 bits per heavy atom. The van der Waals surface area contributed by atoms with Gasteiger partial charge in [0.1, 0.15) is 5.75 Å². The monoisotopic (exact) mass is 232 g/mol. The number of halogens is 1. The fraction of sp³-hybridized carbons (Fsp3) is 0.400. The van der Waals surface area contributed by atoms with Crippen LogP contribution in [0.1, 0.15) is 11.1 Å². The quantitative estimate of drug-likeness (QED) is 0.744. The van der Waals surface area contributed by atoms with Gasteiger partial charge in [-0.3, -0.25) is 0 Å². The molecular formula is C10H13FO3S. The second-order valence-corrected chi connectivity index (χ2v) is 4.79. The Hall–Kier alpha value is -1.10. The second kappa shape index (κ2) is 4.61. The molecule has 0 fully saturated rings. The van der Waals surface area contributed by atoms with Gasteiger partial charge in [0, 0.05) is 0 Å². The molecule has 0 heterocycles. The predicted molar refractivity (Wildman–Crippen MR) is 56.3 cm³/mol. The highest BCUT2D eigenvalue weighted by atomic mass is 32.3. The maximum Gasteiger partial charge on any atom is 0.302 e. The molecule has 0 unspecified atom stereocenters. The Bertz CT molecular complexity index is 440. The van der Waals surface area contributed by atoms with E-state index in [4.69, 9.17) is 4.74 Å². The van der Waals surface area contributed by atoms with E-state index < -0.39 is 16.0 Å². The molecule has 0 atom stereocenters. The topological polar surface area (TPSA) is 43.4 Å². The van der Waals surface area contributed by atoms with E-state index in [0.29, 0.717) is 11.3 Å². The minimum atomic E-state index is -4.41. The van der Waals surface area contributed by atoms with Crippen LogP contribution < -0.4 is 4.74 Å². The van der Waals surface area contributed by atoms with E-state index in [0.717, 1.165) is 5.56 Å². The molecule has 0 amide bonds. The van der Waals surface area contributed by atoms with Crippen LogP contribution in [0, 0.1) is 6.92 Å². The molecule has 0 aromatic heterocycles. The van der Waals surface area contributed by atoms with E-state index >= 15 is 0 Å². The fourth-order valence-electron chi connectivity index (χ4n) is 1.29.